The van der Waals surface area contributed by atoms with E-state index in [0.29, 0.717) is 66.9 Å². The van der Waals surface area contributed by atoms with E-state index >= 15 is 0 Å². The number of thiol groups is 1. The van der Waals surface area contributed by atoms with Crippen molar-refractivity contribution >= 4 is 51.8 Å². The van der Waals surface area contributed by atoms with Gasteiger partial charge in [-0.1, -0.05) is 35.3 Å². The van der Waals surface area contributed by atoms with Crippen molar-refractivity contribution in [2.45, 2.75) is 26.8 Å². The van der Waals surface area contributed by atoms with Gasteiger partial charge in [-0.05, 0) is 44.2 Å². The monoisotopic (exact) mass is 548 g/mol. The van der Waals surface area contributed by atoms with Gasteiger partial charge in [0.15, 0.2) is 0 Å². The number of halogens is 2. The topological polar surface area (TPSA) is 122 Å². The minimum absolute atomic E-state index is 0.0774. The van der Waals surface area contributed by atoms with Gasteiger partial charge in [0.2, 0.25) is 6.41 Å². The highest BCUT2D eigenvalue weighted by Crippen LogP contribution is 2.34. The van der Waals surface area contributed by atoms with Gasteiger partial charge in [-0.2, -0.15) is 0 Å². The van der Waals surface area contributed by atoms with E-state index in [1.54, 1.807) is 62.5 Å². The smallest absolute Gasteiger partial charge is 0.214 e. The lowest BCUT2D eigenvalue weighted by atomic mass is 10.2. The number of aromatic nitrogens is 2. The van der Waals surface area contributed by atoms with E-state index in [1.807, 2.05) is 0 Å². The van der Waals surface area contributed by atoms with E-state index in [2.05, 4.69) is 9.97 Å². The lowest BCUT2D eigenvalue weighted by molar-refractivity contribution is -0.116. The van der Waals surface area contributed by atoms with Crippen molar-refractivity contribution in [2.24, 2.45) is 0 Å². The average molecular weight is 549 g/mol. The van der Waals surface area contributed by atoms with Crippen LogP contribution in [0.3, 0.4) is 0 Å². The van der Waals surface area contributed by atoms with Crippen molar-refractivity contribution in [1.82, 2.24) is 14.9 Å². The highest BCUT2D eigenvalue weighted by atomic mass is 35.5. The van der Waals surface area contributed by atoms with Crippen LogP contribution >= 0.6 is 34.6 Å². The van der Waals surface area contributed by atoms with Crippen molar-refractivity contribution in [3.63, 3.8) is 0 Å². The Morgan fingerprint density at radius 2 is 1.97 bits per heavy atom. The number of nitrogen functional groups attached to an aromatic ring is 1. The van der Waals surface area contributed by atoms with Gasteiger partial charge in [0.05, 0.1) is 17.1 Å². The summed E-state index contributed by atoms with van der Waals surface area (Å²) >= 11 is 12.8. The summed E-state index contributed by atoms with van der Waals surface area (Å²) in [6.07, 6.45) is 2.44. The minimum atomic E-state index is -0.187. The summed E-state index contributed by atoms with van der Waals surface area (Å²) in [6, 6.07) is 11.8. The fraction of sp³-hybridized carbons (Fsp3) is 0.200. The van der Waals surface area contributed by atoms with Crippen LogP contribution in [0.25, 0.3) is 0 Å². The van der Waals surface area contributed by atoms with Crippen LogP contribution in [-0.4, -0.2) is 43.1 Å². The summed E-state index contributed by atoms with van der Waals surface area (Å²) in [4.78, 5) is 22.3. The molecule has 0 aliphatic carbocycles. The summed E-state index contributed by atoms with van der Waals surface area (Å²) in [5.41, 5.74) is 7.46. The van der Waals surface area contributed by atoms with Crippen molar-refractivity contribution in [1.29, 1.82) is 0 Å². The first kappa shape index (κ1) is 27.6. The molecule has 3 aromatic rings. The Kier molecular flexibility index (Phi) is 9.86. The fourth-order valence-corrected chi connectivity index (χ4v) is 4.64. The second-order valence-corrected chi connectivity index (χ2v) is 9.71. The minimum Gasteiger partial charge on any atom is -0.455 e. The van der Waals surface area contributed by atoms with Crippen LogP contribution in [0.1, 0.15) is 30.3 Å². The lowest BCUT2D eigenvalue weighted by Crippen LogP contribution is -2.22. The van der Waals surface area contributed by atoms with E-state index in [4.69, 9.17) is 33.7 Å². The lowest BCUT2D eigenvalue weighted by Gasteiger charge is -2.22. The maximum absolute atomic E-state index is 12.0. The van der Waals surface area contributed by atoms with E-state index in [1.165, 1.54) is 4.90 Å². The molecule has 4 N–H and O–H groups in total. The van der Waals surface area contributed by atoms with Gasteiger partial charge in [0.1, 0.15) is 28.2 Å². The van der Waals surface area contributed by atoms with Gasteiger partial charge in [-0.3, -0.25) is 4.79 Å². The molecule has 0 radical (unpaired) electrons. The molecule has 190 valence electrons. The van der Waals surface area contributed by atoms with E-state index in [-0.39, 0.29) is 30.4 Å². The molecule has 0 aliphatic rings. The average Bonchev–Trinajstić information content (AvgIpc) is 2.85. The number of carbonyl (C=O) groups is 1. The summed E-state index contributed by atoms with van der Waals surface area (Å²) < 4.78 is 5.95. The van der Waals surface area contributed by atoms with Crippen LogP contribution in [0.2, 0.25) is 10.0 Å². The second kappa shape index (κ2) is 12.8. The number of carbonyl (C=O) groups excluding carboxylic acids is 1. The number of aliphatic hydroxyl groups excluding tert-OH is 2. The maximum atomic E-state index is 12.0. The number of rotatable bonds is 10. The van der Waals surface area contributed by atoms with Gasteiger partial charge < -0.3 is 25.6 Å². The molecular weight excluding hydrogens is 523 g/mol. The molecule has 0 atom stereocenters. The highest BCUT2D eigenvalue weighted by molar-refractivity contribution is 8.02. The Morgan fingerprint density at radius 3 is 2.64 bits per heavy atom. The standard InChI is InChI=1S/C25H26Cl2N4O4S/c1-15(31(14-33)13-17-12-29-16(2)30-24(17)28)23(9-10-32)36-25(34)19-11-18(26)7-8-21(19)35-22-6-4-3-5-20(22)27/h3-8,11-12,14,32,34,36H,9-10,13H2,1-2H3,(H2,28,29,30)/b23-15-. The Balaban J connectivity index is 2.00. The molecule has 11 heteroatoms. The van der Waals surface area contributed by atoms with Crippen molar-refractivity contribution in [2.75, 3.05) is 12.3 Å². The number of aliphatic hydroxyl groups is 2. The zero-order chi connectivity index (χ0) is 26.2. The third-order valence-electron chi connectivity index (χ3n) is 5.16. The maximum Gasteiger partial charge on any atom is 0.214 e. The first-order valence-electron chi connectivity index (χ1n) is 10.8. The van der Waals surface area contributed by atoms with Crippen LogP contribution in [0.15, 0.2) is 59.3 Å². The normalized spacial score (nSPS) is 12.4. The molecule has 1 amide bonds. The van der Waals surface area contributed by atoms with Crippen LogP contribution < -0.4 is 10.5 Å². The van der Waals surface area contributed by atoms with Gasteiger partial charge in [0, 0.05) is 40.4 Å². The quantitative estimate of drug-likeness (QED) is 0.155. The Bertz CT molecular complexity index is 1320. The highest BCUT2D eigenvalue weighted by Gasteiger charge is 2.16. The summed E-state index contributed by atoms with van der Waals surface area (Å²) in [5, 5.41) is 21.5. The van der Waals surface area contributed by atoms with Crippen LogP contribution in [0.5, 0.6) is 11.5 Å². The van der Waals surface area contributed by atoms with Crippen LogP contribution in [0, 0.1) is 6.92 Å². The molecule has 3 rings (SSSR count). The third-order valence-corrected chi connectivity index (χ3v) is 6.98. The molecule has 1 heterocycles. The number of anilines is 1. The molecule has 0 fully saturated rings. The van der Waals surface area contributed by atoms with Crippen molar-refractivity contribution in [3.05, 3.63) is 86.3 Å². The zero-order valence-electron chi connectivity index (χ0n) is 19.7. The second-order valence-electron chi connectivity index (χ2n) is 7.68. The molecule has 2 aromatic carbocycles. The molecule has 8 nitrogen and oxygen atoms in total. The van der Waals surface area contributed by atoms with E-state index in [0.717, 1.165) is 0 Å². The molecular formula is C25H26Cl2N4O4S. The van der Waals surface area contributed by atoms with Crippen molar-refractivity contribution in [3.8, 4) is 11.5 Å². The van der Waals surface area contributed by atoms with E-state index in [9.17, 15) is 15.0 Å². The molecule has 0 unspecified atom stereocenters. The molecule has 36 heavy (non-hydrogen) atoms. The number of allylic oxidation sites excluding steroid dienone is 1. The number of amides is 1. The van der Waals surface area contributed by atoms with E-state index < -0.39 is 0 Å². The number of hydrogen-bond acceptors (Lipinski definition) is 6. The number of ether oxygens (including phenoxy) is 1. The number of aryl methyl sites for hydroxylation is 1. The third kappa shape index (κ3) is 7.05. The number of nitrogens with zero attached hydrogens (tertiary/aromatic N) is 3. The first-order chi connectivity index (χ1) is 17.2. The van der Waals surface area contributed by atoms with Crippen molar-refractivity contribution < 1.29 is 19.7 Å². The Morgan fingerprint density at radius 1 is 1.22 bits per heavy atom. The van der Waals surface area contributed by atoms with Gasteiger partial charge in [-0.25, -0.2) is 9.97 Å². The molecule has 0 bridgehead atoms. The van der Waals surface area contributed by atoms with Gasteiger partial charge in [-0.15, -0.1) is 11.4 Å². The molecule has 0 saturated heterocycles. The predicted molar refractivity (Wildman–Crippen MR) is 146 cm³/mol. The Hall–Kier alpha value is -2.95. The van der Waals surface area contributed by atoms with Gasteiger partial charge in [0.25, 0.3) is 0 Å². The predicted octanol–water partition coefficient (Wildman–Crippen LogP) is 5.24. The molecule has 0 aliphatic heterocycles. The fourth-order valence-electron chi connectivity index (χ4n) is 3.24. The molecule has 0 spiro atoms. The molecule has 1 aromatic heterocycles. The first-order valence-corrected chi connectivity index (χ1v) is 12.5. The Labute approximate surface area is 222 Å². The summed E-state index contributed by atoms with van der Waals surface area (Å²) in [6.45, 7) is 3.39. The number of benzene rings is 2. The van der Waals surface area contributed by atoms with Crippen LogP contribution in [-0.2, 0) is 11.3 Å². The number of hydrogen-bond donors (Lipinski definition) is 4. The zero-order valence-corrected chi connectivity index (χ0v) is 22.1. The number of para-hydroxylation sites is 1. The molecule has 0 saturated carbocycles. The summed E-state index contributed by atoms with van der Waals surface area (Å²) in [7, 11) is 0. The largest absolute Gasteiger partial charge is 0.455 e. The number of nitrogens with two attached hydrogens (primary N) is 1. The van der Waals surface area contributed by atoms with Gasteiger partial charge >= 0.3 is 0 Å². The SMILES string of the molecule is C/C(=C(CCO)/[SH]=C(\O)c1cc(Cl)ccc1Oc1ccccc1Cl)N(C=O)Cc1cnc(C)nc1N. The summed E-state index contributed by atoms with van der Waals surface area (Å²) in [5.74, 6) is 1.56. The van der Waals surface area contributed by atoms with Crippen LogP contribution in [0.4, 0.5) is 5.82 Å².